The molecule has 1 aromatic carbocycles. The number of thiophene rings is 1. The summed E-state index contributed by atoms with van der Waals surface area (Å²) in [4.78, 5) is 11.0. The van der Waals surface area contributed by atoms with Gasteiger partial charge in [0.1, 0.15) is 5.82 Å². The third-order valence-electron chi connectivity index (χ3n) is 2.89. The molecule has 20 heavy (non-hydrogen) atoms. The van der Waals surface area contributed by atoms with Crippen molar-refractivity contribution in [2.75, 3.05) is 11.1 Å². The van der Waals surface area contributed by atoms with Crippen molar-refractivity contribution in [3.05, 3.63) is 45.9 Å². The van der Waals surface area contributed by atoms with Crippen LogP contribution in [0.5, 0.6) is 0 Å². The monoisotopic (exact) mass is 294 g/mol. The van der Waals surface area contributed by atoms with Crippen molar-refractivity contribution >= 4 is 28.7 Å². The van der Waals surface area contributed by atoms with E-state index in [0.29, 0.717) is 0 Å². The van der Waals surface area contributed by atoms with E-state index >= 15 is 0 Å². The molecule has 0 radical (unpaired) electrons. The van der Waals surface area contributed by atoms with Gasteiger partial charge in [0.25, 0.3) is 0 Å². The second-order valence-corrected chi connectivity index (χ2v) is 5.39. The van der Waals surface area contributed by atoms with Gasteiger partial charge in [-0.25, -0.2) is 9.18 Å². The predicted octanol–water partition coefficient (Wildman–Crippen LogP) is 3.21. The summed E-state index contributed by atoms with van der Waals surface area (Å²) in [7, 11) is 0. The van der Waals surface area contributed by atoms with Gasteiger partial charge in [-0.2, -0.15) is 11.3 Å². The van der Waals surface area contributed by atoms with E-state index in [9.17, 15) is 9.18 Å². The fourth-order valence-electron chi connectivity index (χ4n) is 1.96. The van der Waals surface area contributed by atoms with Crippen LogP contribution in [0.15, 0.2) is 29.0 Å². The molecule has 4 N–H and O–H groups in total. The number of anilines is 2. The number of hydrogen-bond acceptors (Lipinski definition) is 4. The molecule has 0 aliphatic carbocycles. The molecule has 0 aliphatic heterocycles. The maximum Gasteiger partial charge on any atom is 0.337 e. The summed E-state index contributed by atoms with van der Waals surface area (Å²) >= 11 is 1.60. The molecule has 2 aromatic rings. The Kier molecular flexibility index (Phi) is 4.24. The van der Waals surface area contributed by atoms with Crippen LogP contribution in [0.25, 0.3) is 0 Å². The minimum atomic E-state index is -1.17. The largest absolute Gasteiger partial charge is 0.478 e. The van der Waals surface area contributed by atoms with Crippen LogP contribution in [0.3, 0.4) is 0 Å². The highest BCUT2D eigenvalue weighted by atomic mass is 32.1. The van der Waals surface area contributed by atoms with Gasteiger partial charge in [0, 0.05) is 11.7 Å². The van der Waals surface area contributed by atoms with Gasteiger partial charge < -0.3 is 16.2 Å². The van der Waals surface area contributed by atoms with Gasteiger partial charge in [0.15, 0.2) is 0 Å². The van der Waals surface area contributed by atoms with Gasteiger partial charge >= 0.3 is 5.97 Å². The number of rotatable bonds is 5. The van der Waals surface area contributed by atoms with E-state index in [0.717, 1.165) is 18.1 Å². The van der Waals surface area contributed by atoms with Crippen LogP contribution in [0.4, 0.5) is 15.8 Å². The Morgan fingerprint density at radius 1 is 1.55 bits per heavy atom. The first-order chi connectivity index (χ1) is 9.47. The number of aromatic carboxylic acids is 1. The summed E-state index contributed by atoms with van der Waals surface area (Å²) in [6.45, 7) is 1.91. The van der Waals surface area contributed by atoms with E-state index < -0.39 is 11.8 Å². The molecular formula is C14H15FN2O2S. The third-order valence-corrected chi connectivity index (χ3v) is 3.63. The topological polar surface area (TPSA) is 75.3 Å². The van der Waals surface area contributed by atoms with Crippen LogP contribution < -0.4 is 11.1 Å². The summed E-state index contributed by atoms with van der Waals surface area (Å²) in [6, 6.07) is 4.25. The molecule has 6 heteroatoms. The molecule has 1 heterocycles. The molecule has 0 aliphatic rings. The zero-order valence-corrected chi connectivity index (χ0v) is 11.7. The molecule has 1 atom stereocenters. The van der Waals surface area contributed by atoms with E-state index in [-0.39, 0.29) is 23.0 Å². The standard InChI is InChI=1S/C14H15FN2O2S/c1-8(4-9-2-3-20-7-9)17-13-5-10(14(18)19)12(16)6-11(13)15/h2-3,5-8,17H,4,16H2,1H3,(H,18,19). The summed E-state index contributed by atoms with van der Waals surface area (Å²) < 4.78 is 13.8. The van der Waals surface area contributed by atoms with Gasteiger partial charge in [-0.1, -0.05) is 0 Å². The Bertz CT molecular complexity index is 614. The van der Waals surface area contributed by atoms with E-state index in [1.807, 2.05) is 23.8 Å². The highest BCUT2D eigenvalue weighted by Crippen LogP contribution is 2.23. The lowest BCUT2D eigenvalue weighted by Crippen LogP contribution is -2.19. The SMILES string of the molecule is CC(Cc1ccsc1)Nc1cc(C(=O)O)c(N)cc1F. The molecule has 0 saturated heterocycles. The van der Waals surface area contributed by atoms with Crippen molar-refractivity contribution in [1.82, 2.24) is 0 Å². The van der Waals surface area contributed by atoms with Crippen molar-refractivity contribution in [2.24, 2.45) is 0 Å². The molecule has 2 rings (SSSR count). The number of nitrogens with two attached hydrogens (primary N) is 1. The molecule has 0 amide bonds. The molecule has 1 unspecified atom stereocenters. The number of carboxylic acid groups (broad SMARTS) is 1. The third kappa shape index (κ3) is 3.27. The van der Waals surface area contributed by atoms with Crippen LogP contribution in [-0.4, -0.2) is 17.1 Å². The number of nitrogen functional groups attached to an aromatic ring is 1. The number of carboxylic acids is 1. The summed E-state index contributed by atoms with van der Waals surface area (Å²) in [6.07, 6.45) is 0.732. The zero-order chi connectivity index (χ0) is 14.7. The lowest BCUT2D eigenvalue weighted by atomic mass is 10.1. The maximum atomic E-state index is 13.8. The average molecular weight is 294 g/mol. The Balaban J connectivity index is 2.16. The molecule has 1 aromatic heterocycles. The number of hydrogen-bond donors (Lipinski definition) is 3. The number of nitrogens with one attached hydrogen (secondary N) is 1. The lowest BCUT2D eigenvalue weighted by molar-refractivity contribution is 0.0698. The number of carbonyl (C=O) groups is 1. The first-order valence-corrected chi connectivity index (χ1v) is 7.01. The minimum absolute atomic E-state index is 0.0237. The first kappa shape index (κ1) is 14.3. The van der Waals surface area contributed by atoms with Crippen molar-refractivity contribution in [3.63, 3.8) is 0 Å². The van der Waals surface area contributed by atoms with E-state index in [1.165, 1.54) is 6.07 Å². The zero-order valence-electron chi connectivity index (χ0n) is 10.9. The van der Waals surface area contributed by atoms with Gasteiger partial charge in [-0.15, -0.1) is 0 Å². The van der Waals surface area contributed by atoms with Crippen LogP contribution in [0.2, 0.25) is 0 Å². The lowest BCUT2D eigenvalue weighted by Gasteiger charge is -2.16. The Morgan fingerprint density at radius 3 is 2.90 bits per heavy atom. The van der Waals surface area contributed by atoms with Gasteiger partial charge in [0.05, 0.1) is 11.3 Å². The van der Waals surface area contributed by atoms with Gasteiger partial charge in [-0.05, 0) is 47.9 Å². The Morgan fingerprint density at radius 2 is 2.30 bits per heavy atom. The number of halogens is 1. The molecule has 0 bridgehead atoms. The predicted molar refractivity (Wildman–Crippen MR) is 78.9 cm³/mol. The van der Waals surface area contributed by atoms with Gasteiger partial charge in [0.2, 0.25) is 0 Å². The van der Waals surface area contributed by atoms with E-state index in [1.54, 1.807) is 11.3 Å². The molecule has 106 valence electrons. The fraction of sp³-hybridized carbons (Fsp3) is 0.214. The smallest absolute Gasteiger partial charge is 0.337 e. The normalized spacial score (nSPS) is 12.1. The first-order valence-electron chi connectivity index (χ1n) is 6.07. The molecule has 4 nitrogen and oxygen atoms in total. The van der Waals surface area contributed by atoms with Crippen LogP contribution in [0, 0.1) is 5.82 Å². The van der Waals surface area contributed by atoms with Crippen molar-refractivity contribution in [1.29, 1.82) is 0 Å². The second kappa shape index (κ2) is 5.92. The quantitative estimate of drug-likeness (QED) is 0.740. The highest BCUT2D eigenvalue weighted by molar-refractivity contribution is 7.07. The molecule has 0 spiro atoms. The van der Waals surface area contributed by atoms with Crippen molar-refractivity contribution < 1.29 is 14.3 Å². The summed E-state index contributed by atoms with van der Waals surface area (Å²) in [5.41, 5.74) is 6.62. The van der Waals surface area contributed by atoms with Crippen LogP contribution in [-0.2, 0) is 6.42 Å². The fourth-order valence-corrected chi connectivity index (χ4v) is 2.64. The average Bonchev–Trinajstić information content (AvgIpc) is 2.84. The molecular weight excluding hydrogens is 279 g/mol. The van der Waals surface area contributed by atoms with E-state index in [4.69, 9.17) is 10.8 Å². The summed E-state index contributed by atoms with van der Waals surface area (Å²) in [5, 5.41) is 16.0. The number of benzene rings is 1. The Labute approximate surface area is 120 Å². The second-order valence-electron chi connectivity index (χ2n) is 4.61. The van der Waals surface area contributed by atoms with Crippen molar-refractivity contribution in [2.45, 2.75) is 19.4 Å². The summed E-state index contributed by atoms with van der Waals surface area (Å²) in [5.74, 6) is -1.72. The highest BCUT2D eigenvalue weighted by Gasteiger charge is 2.14. The van der Waals surface area contributed by atoms with Crippen LogP contribution >= 0.6 is 11.3 Å². The van der Waals surface area contributed by atoms with E-state index in [2.05, 4.69) is 5.32 Å². The van der Waals surface area contributed by atoms with Crippen molar-refractivity contribution in [3.8, 4) is 0 Å². The van der Waals surface area contributed by atoms with Crippen LogP contribution in [0.1, 0.15) is 22.8 Å². The maximum absolute atomic E-state index is 13.8. The molecule has 0 fully saturated rings. The molecule has 0 saturated carbocycles. The minimum Gasteiger partial charge on any atom is -0.478 e. The van der Waals surface area contributed by atoms with Gasteiger partial charge in [-0.3, -0.25) is 0 Å². The Hall–Kier alpha value is -2.08.